The molecule has 1 N–H and O–H groups in total. The number of pyridine rings is 1. The van der Waals surface area contributed by atoms with Crippen LogP contribution in [-0.4, -0.2) is 14.8 Å². The molecular weight excluding hydrogens is 458 g/mol. The van der Waals surface area contributed by atoms with E-state index in [0.717, 1.165) is 44.7 Å². The van der Waals surface area contributed by atoms with Gasteiger partial charge in [-0.1, -0.05) is 78.9 Å². The molecule has 0 fully saturated rings. The number of hydrogen-bond acceptors (Lipinski definition) is 5. The Labute approximate surface area is 214 Å². The number of furan rings is 1. The number of anilines is 2. The van der Waals surface area contributed by atoms with Crippen molar-refractivity contribution in [1.29, 1.82) is 5.26 Å². The standard InChI is InChI=1S/C31H23N5O/c1-20-18-26(33-30-27(20)21(2)35-36(30)24-16-10-5-11-17-24)34-31-25(19-32)28(22-12-6-3-7-13-22)29(37-31)23-14-8-4-9-15-23/h3-18H,1-2H3,(H,33,34). The average Bonchev–Trinajstić information content (AvgIpc) is 3.47. The maximum atomic E-state index is 10.2. The van der Waals surface area contributed by atoms with E-state index in [1.54, 1.807) is 0 Å². The number of nitrogens with zero attached hydrogens (tertiary/aromatic N) is 4. The van der Waals surface area contributed by atoms with Gasteiger partial charge in [-0.15, -0.1) is 0 Å². The quantitative estimate of drug-likeness (QED) is 0.274. The highest BCUT2D eigenvalue weighted by atomic mass is 16.4. The zero-order valence-corrected chi connectivity index (χ0v) is 20.4. The van der Waals surface area contributed by atoms with Gasteiger partial charge < -0.3 is 9.73 Å². The number of para-hydroxylation sites is 1. The molecule has 3 aromatic heterocycles. The minimum atomic E-state index is 0.356. The first kappa shape index (κ1) is 22.3. The van der Waals surface area contributed by atoms with Crippen molar-refractivity contribution < 1.29 is 4.42 Å². The highest BCUT2D eigenvalue weighted by Gasteiger charge is 2.24. The number of rotatable bonds is 5. The van der Waals surface area contributed by atoms with Crippen molar-refractivity contribution in [3.63, 3.8) is 0 Å². The van der Waals surface area contributed by atoms with Gasteiger partial charge in [0.2, 0.25) is 5.88 Å². The minimum absolute atomic E-state index is 0.356. The van der Waals surface area contributed by atoms with E-state index in [9.17, 15) is 5.26 Å². The Kier molecular flexibility index (Phi) is 5.51. The van der Waals surface area contributed by atoms with Crippen molar-refractivity contribution in [2.24, 2.45) is 0 Å². The van der Waals surface area contributed by atoms with E-state index in [1.165, 1.54) is 0 Å². The van der Waals surface area contributed by atoms with Gasteiger partial charge in [0.1, 0.15) is 23.2 Å². The number of aryl methyl sites for hydroxylation is 2. The lowest BCUT2D eigenvalue weighted by Crippen LogP contribution is -2.00. The van der Waals surface area contributed by atoms with Crippen LogP contribution in [0.3, 0.4) is 0 Å². The van der Waals surface area contributed by atoms with Gasteiger partial charge in [0, 0.05) is 16.5 Å². The third-order valence-corrected chi connectivity index (χ3v) is 6.37. The van der Waals surface area contributed by atoms with E-state index in [0.29, 0.717) is 23.0 Å². The molecule has 0 atom stereocenters. The monoisotopic (exact) mass is 481 g/mol. The Morgan fingerprint density at radius 2 is 1.46 bits per heavy atom. The lowest BCUT2D eigenvalue weighted by molar-refractivity contribution is 0.600. The predicted molar refractivity (Wildman–Crippen MR) is 146 cm³/mol. The minimum Gasteiger partial charge on any atom is -0.438 e. The van der Waals surface area contributed by atoms with Gasteiger partial charge in [-0.2, -0.15) is 10.4 Å². The molecule has 37 heavy (non-hydrogen) atoms. The summed E-state index contributed by atoms with van der Waals surface area (Å²) >= 11 is 0. The summed E-state index contributed by atoms with van der Waals surface area (Å²) in [5.74, 6) is 1.56. The number of nitriles is 1. The van der Waals surface area contributed by atoms with E-state index in [2.05, 4.69) is 11.4 Å². The van der Waals surface area contributed by atoms with Crippen LogP contribution < -0.4 is 5.32 Å². The molecule has 0 aliphatic rings. The fourth-order valence-electron chi connectivity index (χ4n) is 4.73. The van der Waals surface area contributed by atoms with Crippen molar-refractivity contribution in [2.75, 3.05) is 5.32 Å². The van der Waals surface area contributed by atoms with E-state index >= 15 is 0 Å². The molecule has 6 heteroatoms. The molecule has 3 heterocycles. The van der Waals surface area contributed by atoms with Gasteiger partial charge >= 0.3 is 0 Å². The lowest BCUT2D eigenvalue weighted by atomic mass is 9.98. The van der Waals surface area contributed by atoms with Gasteiger partial charge in [-0.05, 0) is 43.2 Å². The van der Waals surface area contributed by atoms with Gasteiger partial charge in [-0.25, -0.2) is 9.67 Å². The van der Waals surface area contributed by atoms with E-state index in [-0.39, 0.29) is 0 Å². The molecule has 0 saturated carbocycles. The summed E-state index contributed by atoms with van der Waals surface area (Å²) in [5, 5.41) is 19.3. The third-order valence-electron chi connectivity index (χ3n) is 6.37. The largest absolute Gasteiger partial charge is 0.438 e. The molecule has 0 aliphatic carbocycles. The van der Waals surface area contributed by atoms with E-state index < -0.39 is 0 Å². The fourth-order valence-corrected chi connectivity index (χ4v) is 4.73. The van der Waals surface area contributed by atoms with Gasteiger partial charge in [0.25, 0.3) is 0 Å². The van der Waals surface area contributed by atoms with Crippen molar-refractivity contribution in [3.05, 3.63) is 114 Å². The fraction of sp³-hybridized carbons (Fsp3) is 0.0645. The SMILES string of the molecule is Cc1cc(Nc2oc(-c3ccccc3)c(-c3ccccc3)c2C#N)nc2c1c(C)nn2-c1ccccc1. The highest BCUT2D eigenvalue weighted by molar-refractivity contribution is 5.90. The number of benzene rings is 3. The smallest absolute Gasteiger partial charge is 0.217 e. The number of fused-ring (bicyclic) bond motifs is 1. The second-order valence-corrected chi connectivity index (χ2v) is 8.83. The topological polar surface area (TPSA) is 79.7 Å². The number of aromatic nitrogens is 3. The second-order valence-electron chi connectivity index (χ2n) is 8.83. The first-order valence-electron chi connectivity index (χ1n) is 12.0. The third kappa shape index (κ3) is 3.93. The Morgan fingerprint density at radius 3 is 2.11 bits per heavy atom. The average molecular weight is 482 g/mol. The lowest BCUT2D eigenvalue weighted by Gasteiger charge is -2.08. The first-order chi connectivity index (χ1) is 18.1. The Morgan fingerprint density at radius 1 is 0.838 bits per heavy atom. The van der Waals surface area contributed by atoms with Crippen LogP contribution in [0.2, 0.25) is 0 Å². The molecule has 3 aromatic carbocycles. The molecule has 6 nitrogen and oxygen atoms in total. The van der Waals surface area contributed by atoms with Crippen molar-refractivity contribution in [3.8, 4) is 34.2 Å². The normalized spacial score (nSPS) is 10.9. The van der Waals surface area contributed by atoms with Crippen LogP contribution in [-0.2, 0) is 0 Å². The van der Waals surface area contributed by atoms with Crippen LogP contribution in [0.5, 0.6) is 0 Å². The van der Waals surface area contributed by atoms with Crippen LogP contribution in [0.4, 0.5) is 11.7 Å². The van der Waals surface area contributed by atoms with Gasteiger partial charge in [0.05, 0.1) is 11.4 Å². The summed E-state index contributed by atoms with van der Waals surface area (Å²) in [6.45, 7) is 4.03. The van der Waals surface area contributed by atoms with Crippen molar-refractivity contribution in [1.82, 2.24) is 14.8 Å². The van der Waals surface area contributed by atoms with Crippen molar-refractivity contribution >= 4 is 22.7 Å². The Hall–Kier alpha value is -5.15. The molecule has 0 saturated heterocycles. The summed E-state index contributed by atoms with van der Waals surface area (Å²) in [7, 11) is 0. The van der Waals surface area contributed by atoms with Crippen LogP contribution in [0.25, 0.3) is 39.2 Å². The predicted octanol–water partition coefficient (Wildman–Crippen LogP) is 7.58. The summed E-state index contributed by atoms with van der Waals surface area (Å²) in [5.41, 5.74) is 6.58. The summed E-state index contributed by atoms with van der Waals surface area (Å²) in [4.78, 5) is 4.91. The van der Waals surface area contributed by atoms with Crippen molar-refractivity contribution in [2.45, 2.75) is 13.8 Å². The Balaban J connectivity index is 1.52. The van der Waals surface area contributed by atoms with E-state index in [1.807, 2.05) is 116 Å². The molecule has 0 bridgehead atoms. The molecular formula is C31H23N5O. The van der Waals surface area contributed by atoms with Crippen LogP contribution in [0.1, 0.15) is 16.8 Å². The van der Waals surface area contributed by atoms with Gasteiger partial charge in [0.15, 0.2) is 5.65 Å². The first-order valence-corrected chi connectivity index (χ1v) is 12.0. The molecule has 0 radical (unpaired) electrons. The van der Waals surface area contributed by atoms with E-state index in [4.69, 9.17) is 14.5 Å². The molecule has 0 amide bonds. The molecule has 0 aliphatic heterocycles. The summed E-state index contributed by atoms with van der Waals surface area (Å²) in [6.07, 6.45) is 0. The molecule has 6 rings (SSSR count). The zero-order chi connectivity index (χ0) is 25.4. The highest BCUT2D eigenvalue weighted by Crippen LogP contribution is 2.42. The second kappa shape index (κ2) is 9.14. The van der Waals surface area contributed by atoms with Crippen LogP contribution in [0, 0.1) is 25.2 Å². The van der Waals surface area contributed by atoms with Crippen LogP contribution in [0.15, 0.2) is 101 Å². The van der Waals surface area contributed by atoms with Crippen LogP contribution >= 0.6 is 0 Å². The molecule has 0 spiro atoms. The summed E-state index contributed by atoms with van der Waals surface area (Å²) in [6, 6.07) is 33.9. The maximum Gasteiger partial charge on any atom is 0.217 e. The number of nitrogens with one attached hydrogen (secondary N) is 1. The Bertz CT molecular complexity index is 1760. The molecule has 178 valence electrons. The molecule has 6 aromatic rings. The van der Waals surface area contributed by atoms with Gasteiger partial charge in [-0.3, -0.25) is 0 Å². The zero-order valence-electron chi connectivity index (χ0n) is 20.4. The number of hydrogen-bond donors (Lipinski definition) is 1. The summed E-state index contributed by atoms with van der Waals surface area (Å²) < 4.78 is 8.21. The molecule has 0 unspecified atom stereocenters. The maximum absolute atomic E-state index is 10.2.